The van der Waals surface area contributed by atoms with Crippen molar-refractivity contribution in [2.75, 3.05) is 11.9 Å². The Hall–Kier alpha value is -3.36. The van der Waals surface area contributed by atoms with E-state index in [1.54, 1.807) is 19.1 Å². The van der Waals surface area contributed by atoms with Gasteiger partial charge in [-0.25, -0.2) is 9.78 Å². The van der Waals surface area contributed by atoms with Gasteiger partial charge in [-0.2, -0.15) is 13.2 Å². The monoisotopic (exact) mass is 391 g/mol. The van der Waals surface area contributed by atoms with Crippen LogP contribution in [-0.2, 0) is 22.3 Å². The maximum absolute atomic E-state index is 13.3. The number of carbonyl (C=O) groups is 2. The number of para-hydroxylation sites is 2. The Labute approximate surface area is 157 Å². The third-order valence-electron chi connectivity index (χ3n) is 3.87. The lowest BCUT2D eigenvalue weighted by molar-refractivity contribution is -0.147. The van der Waals surface area contributed by atoms with Crippen molar-refractivity contribution in [3.63, 3.8) is 0 Å². The molecule has 0 aliphatic rings. The highest BCUT2D eigenvalue weighted by Gasteiger charge is 2.38. The fraction of sp³-hybridized carbons (Fsp3) is 0.211. The number of esters is 1. The Morgan fingerprint density at radius 3 is 2.61 bits per heavy atom. The van der Waals surface area contributed by atoms with Crippen LogP contribution in [0.1, 0.15) is 23.1 Å². The summed E-state index contributed by atoms with van der Waals surface area (Å²) in [5, 5.41) is 2.50. The molecule has 0 atom stereocenters. The molecule has 2 aromatic carbocycles. The summed E-state index contributed by atoms with van der Waals surface area (Å²) in [7, 11) is 0. The summed E-state index contributed by atoms with van der Waals surface area (Å²) in [5.41, 5.74) is 0.842. The van der Waals surface area contributed by atoms with Crippen molar-refractivity contribution in [2.45, 2.75) is 19.6 Å². The number of aromatic nitrogens is 2. The van der Waals surface area contributed by atoms with Gasteiger partial charge in [-0.15, -0.1) is 0 Å². The third kappa shape index (κ3) is 4.13. The molecule has 3 rings (SSSR count). The molecule has 1 N–H and O–H groups in total. The van der Waals surface area contributed by atoms with E-state index >= 15 is 0 Å². The molecule has 146 valence electrons. The van der Waals surface area contributed by atoms with Crippen LogP contribution in [0.3, 0.4) is 0 Å². The van der Waals surface area contributed by atoms with E-state index in [0.29, 0.717) is 0 Å². The van der Waals surface area contributed by atoms with Crippen LogP contribution in [0.2, 0.25) is 0 Å². The smallest absolute Gasteiger partial charge is 0.449 e. The molecule has 0 bridgehead atoms. The molecule has 28 heavy (non-hydrogen) atoms. The third-order valence-corrected chi connectivity index (χ3v) is 3.87. The molecule has 0 aliphatic carbocycles. The number of anilines is 1. The predicted octanol–water partition coefficient (Wildman–Crippen LogP) is 3.87. The molecule has 0 saturated heterocycles. The second-order valence-electron chi connectivity index (χ2n) is 5.86. The van der Waals surface area contributed by atoms with Crippen LogP contribution in [0, 0.1) is 0 Å². The number of rotatable bonds is 5. The Morgan fingerprint density at radius 1 is 1.14 bits per heavy atom. The number of nitrogens with one attached hydrogen (secondary N) is 1. The number of amides is 1. The maximum atomic E-state index is 13.3. The van der Waals surface area contributed by atoms with E-state index in [2.05, 4.69) is 10.3 Å². The van der Waals surface area contributed by atoms with Gasteiger partial charge in [-0.3, -0.25) is 4.79 Å². The molecule has 0 fully saturated rings. The van der Waals surface area contributed by atoms with Crippen molar-refractivity contribution in [2.24, 2.45) is 0 Å². The largest absolute Gasteiger partial charge is 0.462 e. The SMILES string of the molecule is CCOC(=O)c1cccc(NC(=O)Cn2c(C(F)(F)F)nc3ccccc32)c1. The lowest BCUT2D eigenvalue weighted by atomic mass is 10.2. The second-order valence-corrected chi connectivity index (χ2v) is 5.86. The van der Waals surface area contributed by atoms with Crippen molar-refractivity contribution in [3.8, 4) is 0 Å². The minimum atomic E-state index is -4.71. The van der Waals surface area contributed by atoms with Crippen molar-refractivity contribution in [3.05, 3.63) is 59.9 Å². The zero-order chi connectivity index (χ0) is 20.3. The summed E-state index contributed by atoms with van der Waals surface area (Å²) in [5.74, 6) is -2.39. The second kappa shape index (κ2) is 7.71. The van der Waals surface area contributed by atoms with Gasteiger partial charge < -0.3 is 14.6 Å². The molecule has 1 aromatic heterocycles. The van der Waals surface area contributed by atoms with Gasteiger partial charge in [-0.05, 0) is 37.3 Å². The van der Waals surface area contributed by atoms with Crippen LogP contribution < -0.4 is 5.32 Å². The van der Waals surface area contributed by atoms with E-state index in [1.807, 2.05) is 0 Å². The first-order valence-electron chi connectivity index (χ1n) is 8.39. The van der Waals surface area contributed by atoms with Crippen LogP contribution in [0.25, 0.3) is 11.0 Å². The van der Waals surface area contributed by atoms with Gasteiger partial charge in [0.1, 0.15) is 6.54 Å². The standard InChI is InChI=1S/C19H16F3N3O3/c1-2-28-17(27)12-6-5-7-13(10-12)23-16(26)11-25-15-9-4-3-8-14(15)24-18(25)19(20,21)22/h3-10H,2,11H2,1H3,(H,23,26). The molecule has 1 heterocycles. The summed E-state index contributed by atoms with van der Waals surface area (Å²) in [6.45, 7) is 1.28. The average molecular weight is 391 g/mol. The molecule has 0 radical (unpaired) electrons. The van der Waals surface area contributed by atoms with Crippen LogP contribution in [0.4, 0.5) is 18.9 Å². The first-order chi connectivity index (χ1) is 13.3. The van der Waals surface area contributed by atoms with E-state index in [9.17, 15) is 22.8 Å². The van der Waals surface area contributed by atoms with Crippen molar-refractivity contribution in [1.82, 2.24) is 9.55 Å². The highest BCUT2D eigenvalue weighted by atomic mass is 19.4. The van der Waals surface area contributed by atoms with Gasteiger partial charge in [-0.1, -0.05) is 18.2 Å². The van der Waals surface area contributed by atoms with Gasteiger partial charge in [0.25, 0.3) is 0 Å². The minimum absolute atomic E-state index is 0.145. The average Bonchev–Trinajstić information content (AvgIpc) is 3.01. The van der Waals surface area contributed by atoms with Crippen LogP contribution in [0.15, 0.2) is 48.5 Å². The van der Waals surface area contributed by atoms with E-state index in [1.165, 1.54) is 36.4 Å². The van der Waals surface area contributed by atoms with Crippen LogP contribution in [0.5, 0.6) is 0 Å². The number of ether oxygens (including phenoxy) is 1. The number of halogens is 3. The number of hydrogen-bond donors (Lipinski definition) is 1. The molecular formula is C19H16F3N3O3. The fourth-order valence-electron chi connectivity index (χ4n) is 2.73. The lowest BCUT2D eigenvalue weighted by Crippen LogP contribution is -2.23. The lowest BCUT2D eigenvalue weighted by Gasteiger charge is -2.12. The Kier molecular flexibility index (Phi) is 5.34. The molecule has 1 amide bonds. The quantitative estimate of drug-likeness (QED) is 0.670. The number of alkyl halides is 3. The number of imidazole rings is 1. The van der Waals surface area contributed by atoms with Gasteiger partial charge in [0, 0.05) is 5.69 Å². The van der Waals surface area contributed by atoms with Crippen molar-refractivity contribution in [1.29, 1.82) is 0 Å². The Balaban J connectivity index is 1.84. The summed E-state index contributed by atoms with van der Waals surface area (Å²) in [4.78, 5) is 27.7. The van der Waals surface area contributed by atoms with E-state index in [4.69, 9.17) is 4.74 Å². The molecule has 0 aliphatic heterocycles. The Bertz CT molecular complexity index is 1030. The van der Waals surface area contributed by atoms with Crippen molar-refractivity contribution >= 4 is 28.6 Å². The highest BCUT2D eigenvalue weighted by molar-refractivity contribution is 5.95. The zero-order valence-electron chi connectivity index (χ0n) is 14.8. The number of nitrogens with zero attached hydrogens (tertiary/aromatic N) is 2. The fourth-order valence-corrected chi connectivity index (χ4v) is 2.73. The van der Waals surface area contributed by atoms with E-state index in [-0.39, 0.29) is 28.9 Å². The molecule has 6 nitrogen and oxygen atoms in total. The summed E-state index contributed by atoms with van der Waals surface area (Å²) < 4.78 is 45.6. The normalized spacial score (nSPS) is 11.4. The topological polar surface area (TPSA) is 73.2 Å². The first kappa shape index (κ1) is 19.4. The molecular weight excluding hydrogens is 375 g/mol. The van der Waals surface area contributed by atoms with Gasteiger partial charge in [0.05, 0.1) is 23.2 Å². The summed E-state index contributed by atoms with van der Waals surface area (Å²) in [6.07, 6.45) is -4.71. The number of hydrogen-bond acceptors (Lipinski definition) is 4. The highest BCUT2D eigenvalue weighted by Crippen LogP contribution is 2.31. The zero-order valence-corrected chi connectivity index (χ0v) is 14.8. The van der Waals surface area contributed by atoms with Crippen molar-refractivity contribution < 1.29 is 27.5 Å². The predicted molar refractivity (Wildman–Crippen MR) is 95.8 cm³/mol. The molecule has 0 unspecified atom stereocenters. The van der Waals surface area contributed by atoms with E-state index < -0.39 is 30.4 Å². The van der Waals surface area contributed by atoms with Gasteiger partial charge in [0.2, 0.25) is 11.7 Å². The number of carbonyl (C=O) groups excluding carboxylic acids is 2. The number of fused-ring (bicyclic) bond motifs is 1. The molecule has 0 saturated carbocycles. The molecule has 0 spiro atoms. The number of benzene rings is 2. The van der Waals surface area contributed by atoms with E-state index in [0.717, 1.165) is 4.57 Å². The maximum Gasteiger partial charge on any atom is 0.449 e. The molecule has 3 aromatic rings. The summed E-state index contributed by atoms with van der Waals surface area (Å²) in [6, 6.07) is 12.0. The minimum Gasteiger partial charge on any atom is -0.462 e. The van der Waals surface area contributed by atoms with Crippen LogP contribution >= 0.6 is 0 Å². The summed E-state index contributed by atoms with van der Waals surface area (Å²) >= 11 is 0. The first-order valence-corrected chi connectivity index (χ1v) is 8.39. The molecule has 9 heteroatoms. The van der Waals surface area contributed by atoms with Gasteiger partial charge in [0.15, 0.2) is 0 Å². The van der Waals surface area contributed by atoms with Gasteiger partial charge >= 0.3 is 12.1 Å². The van der Waals surface area contributed by atoms with Crippen LogP contribution in [-0.4, -0.2) is 28.0 Å². The Morgan fingerprint density at radius 2 is 1.89 bits per heavy atom.